The molecular formula is C23H27F3N4O3. The lowest BCUT2D eigenvalue weighted by Gasteiger charge is -2.40. The molecule has 178 valence electrons. The Morgan fingerprint density at radius 1 is 1.09 bits per heavy atom. The van der Waals surface area contributed by atoms with E-state index in [0.717, 1.165) is 23.3 Å². The number of morpholine rings is 1. The van der Waals surface area contributed by atoms with Crippen molar-refractivity contribution < 1.29 is 27.2 Å². The number of hydrogen-bond donors (Lipinski definition) is 0. The van der Waals surface area contributed by atoms with Crippen LogP contribution in [0.2, 0.25) is 0 Å². The van der Waals surface area contributed by atoms with Gasteiger partial charge in [-0.3, -0.25) is 0 Å². The van der Waals surface area contributed by atoms with Gasteiger partial charge in [-0.1, -0.05) is 23.4 Å². The number of benzene rings is 1. The van der Waals surface area contributed by atoms with E-state index in [4.69, 9.17) is 9.26 Å². The van der Waals surface area contributed by atoms with Crippen LogP contribution in [0, 0.1) is 0 Å². The Balaban J connectivity index is 1.60. The van der Waals surface area contributed by atoms with Crippen molar-refractivity contribution in [3.63, 3.8) is 0 Å². The third kappa shape index (κ3) is 5.21. The fraction of sp³-hybridized carbons (Fsp3) is 0.522. The van der Waals surface area contributed by atoms with Crippen LogP contribution >= 0.6 is 0 Å². The zero-order valence-electron chi connectivity index (χ0n) is 18.6. The first-order valence-corrected chi connectivity index (χ1v) is 11.0. The summed E-state index contributed by atoms with van der Waals surface area (Å²) in [5, 5.41) is 4.14. The maximum absolute atomic E-state index is 13.2. The van der Waals surface area contributed by atoms with Crippen LogP contribution in [0.5, 0.6) is 0 Å². The van der Waals surface area contributed by atoms with Crippen molar-refractivity contribution in [3.05, 3.63) is 53.2 Å². The summed E-state index contributed by atoms with van der Waals surface area (Å²) < 4.78 is 49.8. The van der Waals surface area contributed by atoms with Crippen molar-refractivity contribution in [2.45, 2.75) is 38.3 Å². The molecule has 0 bridgehead atoms. The van der Waals surface area contributed by atoms with E-state index in [-0.39, 0.29) is 17.9 Å². The molecule has 1 aromatic carbocycles. The lowest BCUT2D eigenvalue weighted by atomic mass is 9.84. The van der Waals surface area contributed by atoms with Gasteiger partial charge in [-0.2, -0.15) is 18.2 Å². The van der Waals surface area contributed by atoms with Gasteiger partial charge in [0.2, 0.25) is 0 Å². The molecule has 2 amide bonds. The van der Waals surface area contributed by atoms with Crippen LogP contribution in [-0.4, -0.2) is 65.4 Å². The summed E-state index contributed by atoms with van der Waals surface area (Å²) in [5.74, 6) is 0.580. The number of amides is 2. The average molecular weight is 464 g/mol. The van der Waals surface area contributed by atoms with Crippen LogP contribution < -0.4 is 0 Å². The van der Waals surface area contributed by atoms with Gasteiger partial charge in [0, 0.05) is 43.6 Å². The summed E-state index contributed by atoms with van der Waals surface area (Å²) >= 11 is 0. The Kier molecular flexibility index (Phi) is 6.73. The van der Waals surface area contributed by atoms with Crippen LogP contribution in [0.1, 0.15) is 54.9 Å². The highest BCUT2D eigenvalue weighted by molar-refractivity contribution is 5.75. The summed E-state index contributed by atoms with van der Waals surface area (Å²) in [4.78, 5) is 21.2. The predicted octanol–water partition coefficient (Wildman–Crippen LogP) is 4.54. The molecule has 7 nitrogen and oxygen atoms in total. The molecule has 2 aliphatic rings. The fourth-order valence-electron chi connectivity index (χ4n) is 4.27. The second-order valence-corrected chi connectivity index (χ2v) is 8.47. The monoisotopic (exact) mass is 464 g/mol. The molecule has 2 aliphatic heterocycles. The van der Waals surface area contributed by atoms with Crippen molar-refractivity contribution >= 4 is 11.6 Å². The Hall–Kier alpha value is -2.88. The minimum atomic E-state index is -4.39. The van der Waals surface area contributed by atoms with Crippen LogP contribution in [0.15, 0.2) is 34.9 Å². The summed E-state index contributed by atoms with van der Waals surface area (Å²) in [5.41, 5.74) is 0.912. The number of allylic oxidation sites excluding steroid dienone is 2. The second kappa shape index (κ2) is 9.54. The van der Waals surface area contributed by atoms with Gasteiger partial charge in [-0.15, -0.1) is 0 Å². The van der Waals surface area contributed by atoms with Gasteiger partial charge in [0.15, 0.2) is 5.82 Å². The Morgan fingerprint density at radius 3 is 2.39 bits per heavy atom. The number of halogens is 3. The number of alkyl halides is 3. The van der Waals surface area contributed by atoms with E-state index in [0.29, 0.717) is 57.5 Å². The number of hydrogen-bond acceptors (Lipinski definition) is 5. The first-order chi connectivity index (χ1) is 15.8. The molecule has 2 aromatic rings. The standard InChI is InChI=1S/C23H27F3N4O3/c1-3-15(2)21-27-20(28-33-21)18-12-17(16-4-6-19(7-5-16)23(24,25)26)13-30(14-18)22(31)29-8-10-32-11-9-29/h3-7,17-18H,8-14H2,1-2H3/b15-3+. The summed E-state index contributed by atoms with van der Waals surface area (Å²) in [7, 11) is 0. The van der Waals surface area contributed by atoms with Gasteiger partial charge >= 0.3 is 12.2 Å². The number of piperidine rings is 1. The first kappa shape index (κ1) is 23.3. The molecule has 0 spiro atoms. The number of likely N-dealkylation sites (tertiary alicyclic amines) is 1. The molecule has 2 fully saturated rings. The third-order valence-corrected chi connectivity index (χ3v) is 6.29. The molecule has 4 rings (SSSR count). The molecule has 2 unspecified atom stereocenters. The van der Waals surface area contributed by atoms with Crippen molar-refractivity contribution in [2.24, 2.45) is 0 Å². The predicted molar refractivity (Wildman–Crippen MR) is 115 cm³/mol. The smallest absolute Gasteiger partial charge is 0.378 e. The zero-order valence-corrected chi connectivity index (χ0v) is 18.6. The normalized spacial score (nSPS) is 22.5. The number of urea groups is 1. The lowest BCUT2D eigenvalue weighted by Crippen LogP contribution is -2.52. The van der Waals surface area contributed by atoms with E-state index in [9.17, 15) is 18.0 Å². The van der Waals surface area contributed by atoms with Gasteiger partial charge in [-0.25, -0.2) is 4.79 Å². The minimum Gasteiger partial charge on any atom is -0.378 e. The number of aromatic nitrogens is 2. The quantitative estimate of drug-likeness (QED) is 0.667. The third-order valence-electron chi connectivity index (χ3n) is 6.29. The molecule has 0 aliphatic carbocycles. The molecule has 0 N–H and O–H groups in total. The molecule has 3 heterocycles. The Labute approximate surface area is 190 Å². The number of carbonyl (C=O) groups is 1. The van der Waals surface area contributed by atoms with E-state index in [2.05, 4.69) is 10.1 Å². The molecule has 2 saturated heterocycles. The van der Waals surface area contributed by atoms with Crippen molar-refractivity contribution in [3.8, 4) is 0 Å². The van der Waals surface area contributed by atoms with Crippen LogP contribution in [0.3, 0.4) is 0 Å². The number of nitrogens with zero attached hydrogens (tertiary/aromatic N) is 4. The number of ether oxygens (including phenoxy) is 1. The van der Waals surface area contributed by atoms with Crippen molar-refractivity contribution in [1.29, 1.82) is 0 Å². The molecule has 10 heteroatoms. The Bertz CT molecular complexity index is 997. The van der Waals surface area contributed by atoms with Gasteiger partial charge in [0.1, 0.15) is 0 Å². The molecule has 0 radical (unpaired) electrons. The van der Waals surface area contributed by atoms with E-state index >= 15 is 0 Å². The van der Waals surface area contributed by atoms with Crippen molar-refractivity contribution in [1.82, 2.24) is 19.9 Å². The molecule has 2 atom stereocenters. The summed E-state index contributed by atoms with van der Waals surface area (Å²) in [6.45, 7) is 6.58. The molecular weight excluding hydrogens is 437 g/mol. The summed E-state index contributed by atoms with van der Waals surface area (Å²) in [6.07, 6.45) is -1.92. The zero-order chi connectivity index (χ0) is 23.6. The van der Waals surface area contributed by atoms with Crippen LogP contribution in [0.4, 0.5) is 18.0 Å². The lowest BCUT2D eigenvalue weighted by molar-refractivity contribution is -0.137. The topological polar surface area (TPSA) is 71.7 Å². The fourth-order valence-corrected chi connectivity index (χ4v) is 4.27. The Morgan fingerprint density at radius 2 is 1.76 bits per heavy atom. The first-order valence-electron chi connectivity index (χ1n) is 11.0. The van der Waals surface area contributed by atoms with Gasteiger partial charge < -0.3 is 19.1 Å². The molecule has 1 aromatic heterocycles. The molecule has 33 heavy (non-hydrogen) atoms. The van der Waals surface area contributed by atoms with E-state index in [1.807, 2.05) is 19.9 Å². The molecule has 0 saturated carbocycles. The SMILES string of the molecule is C/C=C(\C)c1nc(C2CC(c3ccc(C(F)(F)F)cc3)CN(C(=O)N3CCOCC3)C2)no1. The summed E-state index contributed by atoms with van der Waals surface area (Å²) in [6, 6.07) is 5.08. The van der Waals surface area contributed by atoms with Crippen molar-refractivity contribution in [2.75, 3.05) is 39.4 Å². The van der Waals surface area contributed by atoms with Gasteiger partial charge in [-0.05, 0) is 38.0 Å². The van der Waals surface area contributed by atoms with Gasteiger partial charge in [0.25, 0.3) is 5.89 Å². The minimum absolute atomic E-state index is 0.103. The number of rotatable bonds is 3. The highest BCUT2D eigenvalue weighted by Crippen LogP contribution is 2.37. The average Bonchev–Trinajstić information content (AvgIpc) is 3.33. The van der Waals surface area contributed by atoms with E-state index < -0.39 is 11.7 Å². The van der Waals surface area contributed by atoms with Crippen LogP contribution in [0.25, 0.3) is 5.57 Å². The highest BCUT2D eigenvalue weighted by Gasteiger charge is 2.37. The maximum atomic E-state index is 13.2. The van der Waals surface area contributed by atoms with E-state index in [1.165, 1.54) is 12.1 Å². The largest absolute Gasteiger partial charge is 0.416 e. The maximum Gasteiger partial charge on any atom is 0.416 e. The van der Waals surface area contributed by atoms with E-state index in [1.54, 1.807) is 9.80 Å². The second-order valence-electron chi connectivity index (χ2n) is 8.47. The highest BCUT2D eigenvalue weighted by atomic mass is 19.4. The van der Waals surface area contributed by atoms with Crippen LogP contribution in [-0.2, 0) is 10.9 Å². The van der Waals surface area contributed by atoms with Gasteiger partial charge in [0.05, 0.1) is 18.8 Å². The number of carbonyl (C=O) groups excluding carboxylic acids is 1.